The van der Waals surface area contributed by atoms with Crippen molar-refractivity contribution in [3.05, 3.63) is 23.2 Å². The molecule has 0 aromatic heterocycles. The molecule has 0 radical (unpaired) electrons. The minimum Gasteiger partial charge on any atom is -0.399 e. The summed E-state index contributed by atoms with van der Waals surface area (Å²) in [6, 6.07) is 4.57. The second-order valence-corrected chi connectivity index (χ2v) is 6.75. The largest absolute Gasteiger partial charge is 0.399 e. The van der Waals surface area contributed by atoms with E-state index in [4.69, 9.17) is 17.3 Å². The van der Waals surface area contributed by atoms with Crippen LogP contribution in [0.4, 0.5) is 5.69 Å². The van der Waals surface area contributed by atoms with Gasteiger partial charge in [0.2, 0.25) is 0 Å². The van der Waals surface area contributed by atoms with Crippen molar-refractivity contribution in [1.82, 2.24) is 0 Å². The van der Waals surface area contributed by atoms with Crippen molar-refractivity contribution < 1.29 is 8.42 Å². The maximum Gasteiger partial charge on any atom is 0.182 e. The first-order valence-corrected chi connectivity index (χ1v) is 7.23. The third-order valence-corrected chi connectivity index (χ3v) is 5.75. The summed E-state index contributed by atoms with van der Waals surface area (Å²) in [5.41, 5.74) is 6.03. The number of rotatable bonds is 2. The number of nitrogen functional groups attached to an aromatic ring is 1. The van der Waals surface area contributed by atoms with Crippen LogP contribution in [0.3, 0.4) is 0 Å². The monoisotopic (exact) mass is 259 g/mol. The molecule has 3 nitrogen and oxygen atoms in total. The van der Waals surface area contributed by atoms with E-state index in [1.807, 2.05) is 0 Å². The molecular formula is C11H14ClNO2S. The number of anilines is 1. The molecule has 88 valence electrons. The summed E-state index contributed by atoms with van der Waals surface area (Å²) in [5.74, 6) is 0. The predicted octanol–water partition coefficient (Wildman–Crippen LogP) is 2.64. The molecule has 0 atom stereocenters. The van der Waals surface area contributed by atoms with Gasteiger partial charge in [-0.2, -0.15) is 0 Å². The highest BCUT2D eigenvalue weighted by Gasteiger charge is 2.31. The number of halogens is 1. The van der Waals surface area contributed by atoms with Crippen LogP contribution in [0.25, 0.3) is 0 Å². The van der Waals surface area contributed by atoms with E-state index in [1.54, 1.807) is 6.07 Å². The standard InChI is InChI=1S/C11H14ClNO2S/c12-10-7-8(13)5-6-11(10)16(14,15)9-3-1-2-4-9/h5-7,9H,1-4,13H2. The molecule has 0 heterocycles. The molecule has 1 aliphatic carbocycles. The molecule has 5 heteroatoms. The van der Waals surface area contributed by atoms with Crippen molar-refractivity contribution in [2.24, 2.45) is 0 Å². The molecule has 1 aromatic carbocycles. The molecule has 0 amide bonds. The number of hydrogen-bond donors (Lipinski definition) is 1. The Morgan fingerprint density at radius 1 is 1.25 bits per heavy atom. The first-order valence-electron chi connectivity index (χ1n) is 5.31. The predicted molar refractivity (Wildman–Crippen MR) is 65.3 cm³/mol. The normalized spacial score (nSPS) is 17.8. The van der Waals surface area contributed by atoms with Gasteiger partial charge >= 0.3 is 0 Å². The molecule has 1 fully saturated rings. The Balaban J connectivity index is 2.42. The highest BCUT2D eigenvalue weighted by Crippen LogP contribution is 2.33. The Kier molecular flexibility index (Phi) is 3.13. The van der Waals surface area contributed by atoms with Crippen LogP contribution < -0.4 is 5.73 Å². The molecule has 0 aliphatic heterocycles. The van der Waals surface area contributed by atoms with Gasteiger partial charge in [0.25, 0.3) is 0 Å². The summed E-state index contributed by atoms with van der Waals surface area (Å²) in [5, 5.41) is -0.0412. The highest BCUT2D eigenvalue weighted by atomic mass is 35.5. The third-order valence-electron chi connectivity index (χ3n) is 3.00. The highest BCUT2D eigenvalue weighted by molar-refractivity contribution is 7.92. The lowest BCUT2D eigenvalue weighted by Crippen LogP contribution is -2.18. The summed E-state index contributed by atoms with van der Waals surface area (Å²) in [4.78, 5) is 0.218. The van der Waals surface area contributed by atoms with Crippen LogP contribution in [-0.4, -0.2) is 13.7 Å². The molecule has 1 aliphatic rings. The summed E-state index contributed by atoms with van der Waals surface area (Å²) in [6.45, 7) is 0. The summed E-state index contributed by atoms with van der Waals surface area (Å²) >= 11 is 5.93. The van der Waals surface area contributed by atoms with Crippen LogP contribution in [0, 0.1) is 0 Å². The first kappa shape index (κ1) is 11.7. The molecule has 1 saturated carbocycles. The molecule has 0 saturated heterocycles. The van der Waals surface area contributed by atoms with E-state index in [9.17, 15) is 8.42 Å². The lowest BCUT2D eigenvalue weighted by molar-refractivity contribution is 0.580. The van der Waals surface area contributed by atoms with Crippen molar-refractivity contribution in [2.75, 3.05) is 5.73 Å². The van der Waals surface area contributed by atoms with Crippen LogP contribution in [-0.2, 0) is 9.84 Å². The third kappa shape index (κ3) is 2.04. The molecule has 2 rings (SSSR count). The summed E-state index contributed by atoms with van der Waals surface area (Å²) < 4.78 is 24.5. The second kappa shape index (κ2) is 4.26. The lowest BCUT2D eigenvalue weighted by atomic mass is 10.3. The number of benzene rings is 1. The van der Waals surface area contributed by atoms with Gasteiger partial charge in [-0.25, -0.2) is 8.42 Å². The maximum absolute atomic E-state index is 12.2. The number of nitrogens with two attached hydrogens (primary N) is 1. The van der Waals surface area contributed by atoms with Crippen LogP contribution in [0.1, 0.15) is 25.7 Å². The molecule has 0 unspecified atom stereocenters. The number of sulfone groups is 1. The fraction of sp³-hybridized carbons (Fsp3) is 0.455. The van der Waals surface area contributed by atoms with E-state index in [1.165, 1.54) is 12.1 Å². The van der Waals surface area contributed by atoms with Crippen LogP contribution in [0.2, 0.25) is 5.02 Å². The van der Waals surface area contributed by atoms with Crippen molar-refractivity contribution in [3.63, 3.8) is 0 Å². The SMILES string of the molecule is Nc1ccc(S(=O)(=O)C2CCCC2)c(Cl)c1. The zero-order valence-corrected chi connectivity index (χ0v) is 10.4. The van der Waals surface area contributed by atoms with Gasteiger partial charge in [-0.05, 0) is 31.0 Å². The summed E-state index contributed by atoms with van der Waals surface area (Å²) in [6.07, 6.45) is 3.44. The van der Waals surface area contributed by atoms with Gasteiger partial charge < -0.3 is 5.73 Å². The molecule has 0 bridgehead atoms. The van der Waals surface area contributed by atoms with Crippen LogP contribution >= 0.6 is 11.6 Å². The fourth-order valence-corrected chi connectivity index (χ4v) is 4.54. The van der Waals surface area contributed by atoms with E-state index >= 15 is 0 Å². The zero-order valence-electron chi connectivity index (χ0n) is 8.82. The lowest BCUT2D eigenvalue weighted by Gasteiger charge is -2.12. The van der Waals surface area contributed by atoms with Crippen molar-refractivity contribution >= 4 is 27.1 Å². The van der Waals surface area contributed by atoms with Gasteiger partial charge in [-0.1, -0.05) is 24.4 Å². The average Bonchev–Trinajstić information content (AvgIpc) is 2.69. The van der Waals surface area contributed by atoms with E-state index in [0.717, 1.165) is 25.7 Å². The molecule has 1 aromatic rings. The fourth-order valence-electron chi connectivity index (χ4n) is 2.13. The molecular weight excluding hydrogens is 246 g/mol. The van der Waals surface area contributed by atoms with Crippen molar-refractivity contribution in [1.29, 1.82) is 0 Å². The van der Waals surface area contributed by atoms with Crippen molar-refractivity contribution in [2.45, 2.75) is 35.8 Å². The van der Waals surface area contributed by atoms with Gasteiger partial charge in [-0.15, -0.1) is 0 Å². The smallest absolute Gasteiger partial charge is 0.182 e. The minimum absolute atomic E-state index is 0.218. The Hall–Kier alpha value is -0.740. The van der Waals surface area contributed by atoms with Crippen LogP contribution in [0.5, 0.6) is 0 Å². The van der Waals surface area contributed by atoms with E-state index < -0.39 is 9.84 Å². The van der Waals surface area contributed by atoms with Gasteiger partial charge in [-0.3, -0.25) is 0 Å². The van der Waals surface area contributed by atoms with E-state index in [0.29, 0.717) is 5.69 Å². The quantitative estimate of drug-likeness (QED) is 0.831. The van der Waals surface area contributed by atoms with E-state index in [-0.39, 0.29) is 15.2 Å². The Morgan fingerprint density at radius 3 is 2.44 bits per heavy atom. The van der Waals surface area contributed by atoms with Crippen molar-refractivity contribution in [3.8, 4) is 0 Å². The first-order chi connectivity index (χ1) is 7.51. The average molecular weight is 260 g/mol. The van der Waals surface area contributed by atoms with Gasteiger partial charge in [0.1, 0.15) is 0 Å². The Labute approximate surface area is 101 Å². The van der Waals surface area contributed by atoms with Gasteiger partial charge in [0, 0.05) is 5.69 Å². The van der Waals surface area contributed by atoms with E-state index in [2.05, 4.69) is 0 Å². The zero-order chi connectivity index (χ0) is 11.8. The van der Waals surface area contributed by atoms with Gasteiger partial charge in [0.05, 0.1) is 15.2 Å². The van der Waals surface area contributed by atoms with Gasteiger partial charge in [0.15, 0.2) is 9.84 Å². The maximum atomic E-state index is 12.2. The Bertz CT molecular complexity index is 493. The minimum atomic E-state index is -3.27. The summed E-state index contributed by atoms with van der Waals surface area (Å²) in [7, 11) is -3.27. The second-order valence-electron chi connectivity index (χ2n) is 4.14. The number of hydrogen-bond acceptors (Lipinski definition) is 3. The topological polar surface area (TPSA) is 60.2 Å². The molecule has 2 N–H and O–H groups in total. The Morgan fingerprint density at radius 2 is 1.88 bits per heavy atom. The van der Waals surface area contributed by atoms with Crippen LogP contribution in [0.15, 0.2) is 23.1 Å². The molecule has 16 heavy (non-hydrogen) atoms. The molecule has 0 spiro atoms.